The first kappa shape index (κ1) is 54.5. The normalized spacial score (nSPS) is 11.6. The second-order valence-electron chi connectivity index (χ2n) is 18.5. The van der Waals surface area contributed by atoms with Gasteiger partial charge < -0.3 is 5.73 Å². The highest BCUT2D eigenvalue weighted by molar-refractivity contribution is 5.73. The van der Waals surface area contributed by atoms with Crippen LogP contribution in [0.15, 0.2) is 0 Å². The molecule has 2 heteroatoms. The van der Waals surface area contributed by atoms with Gasteiger partial charge in [0.05, 0.1) is 0 Å². The van der Waals surface area contributed by atoms with E-state index >= 15 is 0 Å². The maximum Gasteiger partial charge on any atom is 0.217 e. The minimum atomic E-state index is -0.146. The minimum absolute atomic E-state index is 0.146. The van der Waals surface area contributed by atoms with Gasteiger partial charge in [0.1, 0.15) is 0 Å². The number of rotatable bonds is 51. The fraction of sp³-hybridized carbons (Fsp3) is 0.981. The summed E-state index contributed by atoms with van der Waals surface area (Å²) in [7, 11) is 0. The Hall–Kier alpha value is -0.530. The van der Waals surface area contributed by atoms with Gasteiger partial charge in [0.15, 0.2) is 0 Å². The first-order valence-electron chi connectivity index (χ1n) is 26.6. The molecule has 0 heterocycles. The smallest absolute Gasteiger partial charge is 0.217 e. The second-order valence-corrected chi connectivity index (χ2v) is 18.5. The van der Waals surface area contributed by atoms with E-state index in [1.54, 1.807) is 0 Å². The molecule has 0 aliphatic rings. The number of nitrogens with two attached hydrogens (primary N) is 1. The van der Waals surface area contributed by atoms with Crippen LogP contribution in [0, 0.1) is 0 Å². The molecule has 0 rings (SSSR count). The van der Waals surface area contributed by atoms with Gasteiger partial charge in [-0.05, 0) is 6.42 Å². The lowest BCUT2D eigenvalue weighted by atomic mass is 10.0. The summed E-state index contributed by atoms with van der Waals surface area (Å²) in [4.78, 5) is 10.7. The quantitative estimate of drug-likeness (QED) is 0.0615. The maximum absolute atomic E-state index is 10.7. The standard InChI is InChI=1S/C53H107NO/c1-2-3-4-5-6-7-8-9-10-11-12-13-14-15-16-17-18-19-20-21-22-23-24-25-26-27-28-29-30-31-32-33-34-35-36-37-38-39-40-41-42-43-44-45-46-47-48-49-50-51-52-53(54)55/h2-52H2,1H3,(H2,54,55). The van der Waals surface area contributed by atoms with Crippen molar-refractivity contribution in [3.8, 4) is 0 Å². The molecule has 0 saturated heterocycles. The Bertz CT molecular complexity index is 675. The summed E-state index contributed by atoms with van der Waals surface area (Å²) >= 11 is 0. The summed E-state index contributed by atoms with van der Waals surface area (Å²) in [5, 5.41) is 0. The molecule has 0 saturated carbocycles. The van der Waals surface area contributed by atoms with Crippen molar-refractivity contribution < 1.29 is 4.79 Å². The van der Waals surface area contributed by atoms with Crippen molar-refractivity contribution in [1.29, 1.82) is 0 Å². The Balaban J connectivity index is 3.06. The molecule has 330 valence electrons. The zero-order valence-electron chi connectivity index (χ0n) is 38.5. The van der Waals surface area contributed by atoms with E-state index in [0.717, 1.165) is 6.42 Å². The van der Waals surface area contributed by atoms with Gasteiger partial charge in [-0.25, -0.2) is 0 Å². The molecule has 0 radical (unpaired) electrons. The van der Waals surface area contributed by atoms with Gasteiger partial charge >= 0.3 is 0 Å². The van der Waals surface area contributed by atoms with Crippen molar-refractivity contribution in [2.24, 2.45) is 5.73 Å². The van der Waals surface area contributed by atoms with Crippen molar-refractivity contribution in [3.05, 3.63) is 0 Å². The first-order valence-corrected chi connectivity index (χ1v) is 26.6. The number of carbonyl (C=O) groups excluding carboxylic acids is 1. The van der Waals surface area contributed by atoms with E-state index in [4.69, 9.17) is 5.73 Å². The highest BCUT2D eigenvalue weighted by Crippen LogP contribution is 2.19. The van der Waals surface area contributed by atoms with E-state index in [0.29, 0.717) is 6.42 Å². The summed E-state index contributed by atoms with van der Waals surface area (Å²) in [5.41, 5.74) is 5.19. The molecule has 0 fully saturated rings. The van der Waals surface area contributed by atoms with Crippen LogP contribution in [-0.4, -0.2) is 5.91 Å². The Kier molecular flexibility index (Phi) is 51.0. The van der Waals surface area contributed by atoms with E-state index < -0.39 is 0 Å². The van der Waals surface area contributed by atoms with Crippen molar-refractivity contribution in [1.82, 2.24) is 0 Å². The highest BCUT2D eigenvalue weighted by Gasteiger charge is 1.99. The summed E-state index contributed by atoms with van der Waals surface area (Å²) in [6.07, 6.45) is 73.1. The molecule has 55 heavy (non-hydrogen) atoms. The number of hydrogen-bond donors (Lipinski definition) is 1. The molecular weight excluding hydrogens is 667 g/mol. The van der Waals surface area contributed by atoms with Crippen molar-refractivity contribution in [2.75, 3.05) is 0 Å². The Morgan fingerprint density at radius 3 is 0.436 bits per heavy atom. The third-order valence-corrected chi connectivity index (χ3v) is 12.8. The maximum atomic E-state index is 10.7. The average Bonchev–Trinajstić information content (AvgIpc) is 3.18. The number of unbranched alkanes of at least 4 members (excludes halogenated alkanes) is 49. The highest BCUT2D eigenvalue weighted by atomic mass is 16.1. The Morgan fingerprint density at radius 2 is 0.327 bits per heavy atom. The number of hydrogen-bond acceptors (Lipinski definition) is 1. The van der Waals surface area contributed by atoms with Crippen LogP contribution in [0.3, 0.4) is 0 Å². The molecule has 0 unspecified atom stereocenters. The van der Waals surface area contributed by atoms with E-state index in [9.17, 15) is 4.79 Å². The molecule has 0 bridgehead atoms. The Labute approximate surface area is 349 Å². The molecule has 0 aliphatic heterocycles. The van der Waals surface area contributed by atoms with Crippen LogP contribution in [0.5, 0.6) is 0 Å². The van der Waals surface area contributed by atoms with E-state index in [-0.39, 0.29) is 5.91 Å². The van der Waals surface area contributed by atoms with Crippen LogP contribution in [-0.2, 0) is 4.79 Å². The lowest BCUT2D eigenvalue weighted by Gasteiger charge is -2.05. The molecular formula is C53H107NO. The van der Waals surface area contributed by atoms with Gasteiger partial charge in [0.25, 0.3) is 0 Å². The second kappa shape index (κ2) is 51.5. The predicted octanol–water partition coefficient (Wildman–Crippen LogP) is 19.4. The molecule has 2 nitrogen and oxygen atoms in total. The minimum Gasteiger partial charge on any atom is -0.370 e. The SMILES string of the molecule is CCCCCCCCCCCCCCCCCCCCCCCCCCCCCCCCCCCCCCCCCCCCCCCCCCCCC(N)=O. The van der Waals surface area contributed by atoms with Gasteiger partial charge in [-0.3, -0.25) is 4.79 Å². The van der Waals surface area contributed by atoms with E-state index in [1.165, 1.54) is 315 Å². The van der Waals surface area contributed by atoms with E-state index in [1.807, 2.05) is 0 Å². The van der Waals surface area contributed by atoms with Crippen LogP contribution in [0.4, 0.5) is 0 Å². The largest absolute Gasteiger partial charge is 0.370 e. The van der Waals surface area contributed by atoms with Crippen LogP contribution >= 0.6 is 0 Å². The molecule has 0 aromatic carbocycles. The van der Waals surface area contributed by atoms with Crippen LogP contribution in [0.2, 0.25) is 0 Å². The monoisotopic (exact) mass is 774 g/mol. The van der Waals surface area contributed by atoms with Crippen molar-refractivity contribution in [2.45, 2.75) is 334 Å². The number of carbonyl (C=O) groups is 1. The van der Waals surface area contributed by atoms with E-state index in [2.05, 4.69) is 6.92 Å². The fourth-order valence-corrected chi connectivity index (χ4v) is 8.86. The van der Waals surface area contributed by atoms with Crippen LogP contribution in [0.1, 0.15) is 334 Å². The lowest BCUT2D eigenvalue weighted by Crippen LogP contribution is -2.09. The van der Waals surface area contributed by atoms with Gasteiger partial charge in [0, 0.05) is 6.42 Å². The zero-order chi connectivity index (χ0) is 39.6. The van der Waals surface area contributed by atoms with Gasteiger partial charge in [0.2, 0.25) is 5.91 Å². The summed E-state index contributed by atoms with van der Waals surface area (Å²) in [5.74, 6) is -0.146. The van der Waals surface area contributed by atoms with Gasteiger partial charge in [-0.15, -0.1) is 0 Å². The summed E-state index contributed by atoms with van der Waals surface area (Å²) in [6, 6.07) is 0. The third kappa shape index (κ3) is 53.5. The Morgan fingerprint density at radius 1 is 0.218 bits per heavy atom. The van der Waals surface area contributed by atoms with Crippen LogP contribution < -0.4 is 5.73 Å². The fourth-order valence-electron chi connectivity index (χ4n) is 8.86. The zero-order valence-corrected chi connectivity index (χ0v) is 38.5. The van der Waals surface area contributed by atoms with Gasteiger partial charge in [-0.1, -0.05) is 322 Å². The molecule has 0 aliphatic carbocycles. The lowest BCUT2D eigenvalue weighted by molar-refractivity contribution is -0.118. The molecule has 0 atom stereocenters. The predicted molar refractivity (Wildman–Crippen MR) is 250 cm³/mol. The molecule has 2 N–H and O–H groups in total. The number of amides is 1. The van der Waals surface area contributed by atoms with Gasteiger partial charge in [-0.2, -0.15) is 0 Å². The molecule has 1 amide bonds. The average molecular weight is 774 g/mol. The topological polar surface area (TPSA) is 43.1 Å². The molecule has 0 spiro atoms. The number of primary amides is 1. The molecule has 0 aromatic rings. The summed E-state index contributed by atoms with van der Waals surface area (Å²) in [6.45, 7) is 2.31. The first-order chi connectivity index (χ1) is 27.3. The molecule has 0 aromatic heterocycles. The summed E-state index contributed by atoms with van der Waals surface area (Å²) < 4.78 is 0. The van der Waals surface area contributed by atoms with Crippen molar-refractivity contribution in [3.63, 3.8) is 0 Å². The van der Waals surface area contributed by atoms with Crippen LogP contribution in [0.25, 0.3) is 0 Å². The van der Waals surface area contributed by atoms with Crippen molar-refractivity contribution >= 4 is 5.91 Å². The third-order valence-electron chi connectivity index (χ3n) is 12.8.